The number of ether oxygens (including phenoxy) is 3. The van der Waals surface area contributed by atoms with Gasteiger partial charge in [-0.05, 0) is 24.3 Å². The second-order valence-electron chi connectivity index (χ2n) is 5.54. The van der Waals surface area contributed by atoms with E-state index in [1.54, 1.807) is 32.2 Å². The SMILES string of the molecule is COc1ccc(Nc2nc(NCC(OC)OC)nc3c2cnn3C)cc1. The van der Waals surface area contributed by atoms with Gasteiger partial charge in [-0.2, -0.15) is 15.1 Å². The first-order valence-electron chi connectivity index (χ1n) is 8.05. The molecule has 26 heavy (non-hydrogen) atoms. The molecule has 0 aliphatic rings. The second-order valence-corrected chi connectivity index (χ2v) is 5.54. The molecule has 2 N–H and O–H groups in total. The summed E-state index contributed by atoms with van der Waals surface area (Å²) in [6.45, 7) is 0.415. The third-order valence-corrected chi connectivity index (χ3v) is 3.90. The fourth-order valence-corrected chi connectivity index (χ4v) is 2.45. The maximum atomic E-state index is 5.19. The Morgan fingerprint density at radius 2 is 1.81 bits per heavy atom. The lowest BCUT2D eigenvalue weighted by Gasteiger charge is -2.15. The minimum atomic E-state index is -0.390. The lowest BCUT2D eigenvalue weighted by atomic mass is 10.3. The van der Waals surface area contributed by atoms with Crippen molar-refractivity contribution >= 4 is 28.5 Å². The Labute approximate surface area is 151 Å². The molecule has 0 fully saturated rings. The predicted octanol–water partition coefficient (Wildman–Crippen LogP) is 2.15. The van der Waals surface area contributed by atoms with Crippen LogP contribution in [0.5, 0.6) is 5.75 Å². The van der Waals surface area contributed by atoms with Gasteiger partial charge in [0, 0.05) is 27.0 Å². The molecular weight excluding hydrogens is 336 g/mol. The molecule has 1 aromatic carbocycles. The predicted molar refractivity (Wildman–Crippen MR) is 98.9 cm³/mol. The Morgan fingerprint density at radius 1 is 1.08 bits per heavy atom. The van der Waals surface area contributed by atoms with Gasteiger partial charge >= 0.3 is 0 Å². The Hall–Kier alpha value is -2.91. The summed E-state index contributed by atoms with van der Waals surface area (Å²) >= 11 is 0. The van der Waals surface area contributed by atoms with Crippen molar-refractivity contribution < 1.29 is 14.2 Å². The Bertz CT molecular complexity index is 861. The molecule has 3 aromatic rings. The van der Waals surface area contributed by atoms with E-state index in [9.17, 15) is 0 Å². The summed E-state index contributed by atoms with van der Waals surface area (Å²) in [4.78, 5) is 9.08. The lowest BCUT2D eigenvalue weighted by Crippen LogP contribution is -2.24. The molecule has 0 unspecified atom stereocenters. The quantitative estimate of drug-likeness (QED) is 0.592. The molecular formula is C17H22N6O3. The zero-order valence-electron chi connectivity index (χ0n) is 15.2. The van der Waals surface area contributed by atoms with E-state index in [0.29, 0.717) is 24.0 Å². The topological polar surface area (TPSA) is 95.3 Å². The van der Waals surface area contributed by atoms with Crippen molar-refractivity contribution in [3.63, 3.8) is 0 Å². The summed E-state index contributed by atoms with van der Waals surface area (Å²) in [5.41, 5.74) is 1.59. The number of fused-ring (bicyclic) bond motifs is 1. The zero-order valence-corrected chi connectivity index (χ0v) is 15.2. The van der Waals surface area contributed by atoms with Gasteiger partial charge in [-0.1, -0.05) is 0 Å². The van der Waals surface area contributed by atoms with Crippen LogP contribution in [0.25, 0.3) is 11.0 Å². The molecule has 2 aromatic heterocycles. The summed E-state index contributed by atoms with van der Waals surface area (Å²) in [6.07, 6.45) is 1.34. The minimum absolute atomic E-state index is 0.390. The highest BCUT2D eigenvalue weighted by molar-refractivity contribution is 5.89. The highest BCUT2D eigenvalue weighted by Crippen LogP contribution is 2.25. The van der Waals surface area contributed by atoms with Gasteiger partial charge in [0.1, 0.15) is 11.6 Å². The standard InChI is InChI=1S/C17H22N6O3/c1-23-16-13(9-19-23)15(20-11-5-7-12(24-2)8-6-11)21-17(22-16)18-10-14(25-3)26-4/h5-9,14H,10H2,1-4H3,(H2,18,20,21,22). The lowest BCUT2D eigenvalue weighted by molar-refractivity contribution is -0.0914. The molecule has 0 spiro atoms. The summed E-state index contributed by atoms with van der Waals surface area (Å²) in [7, 11) is 6.63. The number of aryl methyl sites for hydroxylation is 1. The molecule has 0 amide bonds. The molecule has 9 nitrogen and oxygen atoms in total. The molecule has 0 bridgehead atoms. The van der Waals surface area contributed by atoms with E-state index in [1.807, 2.05) is 31.3 Å². The molecule has 3 rings (SSSR count). The Kier molecular flexibility index (Phi) is 5.49. The van der Waals surface area contributed by atoms with Gasteiger partial charge in [0.25, 0.3) is 0 Å². The number of aromatic nitrogens is 4. The van der Waals surface area contributed by atoms with E-state index in [-0.39, 0.29) is 6.29 Å². The second kappa shape index (κ2) is 7.98. The van der Waals surface area contributed by atoms with Gasteiger partial charge in [0.05, 0.1) is 25.2 Å². The fraction of sp³-hybridized carbons (Fsp3) is 0.353. The van der Waals surface area contributed by atoms with Crippen molar-refractivity contribution in [2.45, 2.75) is 6.29 Å². The first-order chi connectivity index (χ1) is 12.6. The van der Waals surface area contributed by atoms with Gasteiger partial charge < -0.3 is 24.8 Å². The number of nitrogens with zero attached hydrogens (tertiary/aromatic N) is 4. The van der Waals surface area contributed by atoms with Crippen LogP contribution < -0.4 is 15.4 Å². The number of benzene rings is 1. The van der Waals surface area contributed by atoms with Crippen molar-refractivity contribution in [1.29, 1.82) is 0 Å². The molecule has 0 radical (unpaired) electrons. The molecule has 0 aliphatic heterocycles. The van der Waals surface area contributed by atoms with E-state index in [2.05, 4.69) is 25.7 Å². The number of hydrogen-bond acceptors (Lipinski definition) is 8. The average molecular weight is 358 g/mol. The molecule has 0 saturated heterocycles. The normalized spacial score (nSPS) is 11.1. The number of anilines is 3. The van der Waals surface area contributed by atoms with Gasteiger partial charge in [-0.15, -0.1) is 0 Å². The van der Waals surface area contributed by atoms with E-state index < -0.39 is 0 Å². The highest BCUT2D eigenvalue weighted by atomic mass is 16.7. The molecule has 0 aliphatic carbocycles. The summed E-state index contributed by atoms with van der Waals surface area (Å²) in [6, 6.07) is 7.60. The third-order valence-electron chi connectivity index (χ3n) is 3.90. The van der Waals surface area contributed by atoms with Crippen LogP contribution in [0.4, 0.5) is 17.5 Å². The van der Waals surface area contributed by atoms with Crippen LogP contribution in [0.3, 0.4) is 0 Å². The van der Waals surface area contributed by atoms with E-state index >= 15 is 0 Å². The number of nitrogens with one attached hydrogen (secondary N) is 2. The van der Waals surface area contributed by atoms with Gasteiger partial charge in [0.15, 0.2) is 11.9 Å². The average Bonchev–Trinajstić information content (AvgIpc) is 3.04. The number of methoxy groups -OCH3 is 3. The molecule has 0 atom stereocenters. The van der Waals surface area contributed by atoms with Gasteiger partial charge in [-0.3, -0.25) is 4.68 Å². The van der Waals surface area contributed by atoms with Crippen molar-refractivity contribution in [2.24, 2.45) is 7.05 Å². The first-order valence-corrected chi connectivity index (χ1v) is 8.05. The zero-order chi connectivity index (χ0) is 18.5. The molecule has 2 heterocycles. The number of rotatable bonds is 8. The van der Waals surface area contributed by atoms with Crippen molar-refractivity contribution in [1.82, 2.24) is 19.7 Å². The maximum Gasteiger partial charge on any atom is 0.226 e. The number of hydrogen-bond donors (Lipinski definition) is 2. The van der Waals surface area contributed by atoms with Gasteiger partial charge in [0.2, 0.25) is 5.95 Å². The fourth-order valence-electron chi connectivity index (χ4n) is 2.45. The van der Waals surface area contributed by atoms with E-state index in [4.69, 9.17) is 14.2 Å². The third kappa shape index (κ3) is 3.84. The summed E-state index contributed by atoms with van der Waals surface area (Å²) < 4.78 is 17.2. The minimum Gasteiger partial charge on any atom is -0.497 e. The van der Waals surface area contributed by atoms with E-state index in [1.165, 1.54) is 0 Å². The van der Waals surface area contributed by atoms with Crippen LogP contribution in [-0.2, 0) is 16.5 Å². The largest absolute Gasteiger partial charge is 0.497 e. The highest BCUT2D eigenvalue weighted by Gasteiger charge is 2.13. The molecule has 138 valence electrons. The van der Waals surface area contributed by atoms with Crippen LogP contribution in [0.2, 0.25) is 0 Å². The Balaban J connectivity index is 1.89. The Morgan fingerprint density at radius 3 is 2.46 bits per heavy atom. The van der Waals surface area contributed by atoms with E-state index in [0.717, 1.165) is 16.8 Å². The van der Waals surface area contributed by atoms with Crippen LogP contribution >= 0.6 is 0 Å². The van der Waals surface area contributed by atoms with Crippen molar-refractivity contribution in [2.75, 3.05) is 38.5 Å². The summed E-state index contributed by atoms with van der Waals surface area (Å²) in [5, 5.41) is 11.5. The van der Waals surface area contributed by atoms with Gasteiger partial charge in [-0.25, -0.2) is 0 Å². The maximum absolute atomic E-state index is 5.19. The monoisotopic (exact) mass is 358 g/mol. The van der Waals surface area contributed by atoms with Crippen molar-refractivity contribution in [3.8, 4) is 5.75 Å². The summed E-state index contributed by atoms with van der Waals surface area (Å²) in [5.74, 6) is 1.90. The van der Waals surface area contributed by atoms with Crippen LogP contribution in [-0.4, -0.2) is 53.9 Å². The van der Waals surface area contributed by atoms with Crippen LogP contribution in [0.15, 0.2) is 30.5 Å². The molecule has 0 saturated carbocycles. The van der Waals surface area contributed by atoms with Crippen molar-refractivity contribution in [3.05, 3.63) is 30.5 Å². The van der Waals surface area contributed by atoms with Crippen LogP contribution in [0.1, 0.15) is 0 Å². The smallest absolute Gasteiger partial charge is 0.226 e. The van der Waals surface area contributed by atoms with Crippen LogP contribution in [0, 0.1) is 0 Å². The first kappa shape index (κ1) is 17.9. The molecule has 9 heteroatoms.